The van der Waals surface area contributed by atoms with Crippen LogP contribution in [0.2, 0.25) is 0 Å². The monoisotopic (exact) mass is 403 g/mol. The molecule has 2 aromatic carbocycles. The lowest BCUT2D eigenvalue weighted by Crippen LogP contribution is -2.21. The van der Waals surface area contributed by atoms with Gasteiger partial charge in [0.05, 0.1) is 16.8 Å². The molecule has 0 fully saturated rings. The average molecular weight is 404 g/mol. The molecule has 0 saturated heterocycles. The molecule has 0 radical (unpaired) electrons. The van der Waals surface area contributed by atoms with Crippen molar-refractivity contribution in [2.24, 2.45) is 7.05 Å². The van der Waals surface area contributed by atoms with E-state index in [-0.39, 0.29) is 11.5 Å². The van der Waals surface area contributed by atoms with Crippen LogP contribution in [0.1, 0.15) is 32.1 Å². The Morgan fingerprint density at radius 1 is 1.10 bits per heavy atom. The fourth-order valence-electron chi connectivity index (χ4n) is 3.30. The Hall–Kier alpha value is -3.25. The van der Waals surface area contributed by atoms with Crippen LogP contribution in [-0.2, 0) is 13.5 Å². The van der Waals surface area contributed by atoms with Crippen LogP contribution in [0.5, 0.6) is 0 Å². The highest BCUT2D eigenvalue weighted by Gasteiger charge is 2.16. The van der Waals surface area contributed by atoms with Crippen LogP contribution >= 0.6 is 11.3 Å². The van der Waals surface area contributed by atoms with Gasteiger partial charge in [0.25, 0.3) is 11.5 Å². The number of hydrogen-bond donors (Lipinski definition) is 1. The molecule has 2 heterocycles. The third kappa shape index (κ3) is 3.84. The number of benzene rings is 2. The summed E-state index contributed by atoms with van der Waals surface area (Å²) in [7, 11) is 1.70. The van der Waals surface area contributed by atoms with Crippen molar-refractivity contribution < 1.29 is 4.79 Å². The van der Waals surface area contributed by atoms with Gasteiger partial charge in [-0.1, -0.05) is 48.0 Å². The third-order valence-electron chi connectivity index (χ3n) is 5.00. The summed E-state index contributed by atoms with van der Waals surface area (Å²) >= 11 is 1.47. The highest BCUT2D eigenvalue weighted by Crippen LogP contribution is 2.26. The number of para-hydroxylation sites is 1. The van der Waals surface area contributed by atoms with Gasteiger partial charge in [0.1, 0.15) is 0 Å². The van der Waals surface area contributed by atoms with Crippen LogP contribution in [0.25, 0.3) is 10.9 Å². The van der Waals surface area contributed by atoms with Crippen molar-refractivity contribution >= 4 is 33.3 Å². The Labute approximate surface area is 172 Å². The van der Waals surface area contributed by atoms with E-state index in [9.17, 15) is 9.59 Å². The number of aromatic nitrogens is 2. The maximum Gasteiger partial charge on any atom is 0.258 e. The standard InChI is InChI=1S/C23H21N3O2S/c1-14-8-10-16(11-9-14)12-20-15(2)24-23(29-20)25-22(28)18-13-21(27)26(3)19-7-5-4-6-17(18)19/h4-11,13H,12H2,1-3H3,(H,24,25,28). The van der Waals surface area contributed by atoms with E-state index in [2.05, 4.69) is 41.5 Å². The van der Waals surface area contributed by atoms with E-state index in [1.54, 1.807) is 11.6 Å². The quantitative estimate of drug-likeness (QED) is 0.547. The molecule has 0 bridgehead atoms. The van der Waals surface area contributed by atoms with Gasteiger partial charge in [-0.2, -0.15) is 0 Å². The third-order valence-corrected chi connectivity index (χ3v) is 6.07. The number of hydrogen-bond acceptors (Lipinski definition) is 4. The topological polar surface area (TPSA) is 64.0 Å². The average Bonchev–Trinajstić information content (AvgIpc) is 3.05. The maximum atomic E-state index is 12.9. The van der Waals surface area contributed by atoms with E-state index in [4.69, 9.17) is 0 Å². The Bertz CT molecular complexity index is 1270. The van der Waals surface area contributed by atoms with Gasteiger partial charge in [0.2, 0.25) is 0 Å². The number of carbonyl (C=O) groups excluding carboxylic acids is 1. The minimum Gasteiger partial charge on any atom is -0.311 e. The Morgan fingerprint density at radius 3 is 2.59 bits per heavy atom. The molecule has 5 nitrogen and oxygen atoms in total. The fourth-order valence-corrected chi connectivity index (χ4v) is 4.29. The molecule has 1 amide bonds. The second-order valence-electron chi connectivity index (χ2n) is 7.12. The molecule has 0 aliphatic heterocycles. The molecule has 0 spiro atoms. The zero-order valence-electron chi connectivity index (χ0n) is 16.5. The van der Waals surface area contributed by atoms with Crippen molar-refractivity contribution in [3.05, 3.63) is 92.2 Å². The number of nitrogens with one attached hydrogen (secondary N) is 1. The molecule has 4 aromatic rings. The van der Waals surface area contributed by atoms with Gasteiger partial charge >= 0.3 is 0 Å². The van der Waals surface area contributed by atoms with Crippen LogP contribution in [0.3, 0.4) is 0 Å². The summed E-state index contributed by atoms with van der Waals surface area (Å²) in [6.07, 6.45) is 0.772. The smallest absolute Gasteiger partial charge is 0.258 e. The molecule has 29 heavy (non-hydrogen) atoms. The number of anilines is 1. The number of amides is 1. The largest absolute Gasteiger partial charge is 0.311 e. The van der Waals surface area contributed by atoms with Gasteiger partial charge in [0, 0.05) is 29.8 Å². The number of fused-ring (bicyclic) bond motifs is 1. The van der Waals surface area contributed by atoms with Gasteiger partial charge in [-0.05, 0) is 25.5 Å². The summed E-state index contributed by atoms with van der Waals surface area (Å²) in [4.78, 5) is 30.8. The lowest BCUT2D eigenvalue weighted by molar-refractivity contribution is 0.102. The summed E-state index contributed by atoms with van der Waals surface area (Å²) in [5, 5.41) is 4.15. The predicted octanol–water partition coefficient (Wildman–Crippen LogP) is 4.45. The lowest BCUT2D eigenvalue weighted by Gasteiger charge is -2.09. The fraction of sp³-hybridized carbons (Fsp3) is 0.174. The zero-order chi connectivity index (χ0) is 20.5. The van der Waals surface area contributed by atoms with Crippen LogP contribution in [0.4, 0.5) is 5.13 Å². The van der Waals surface area contributed by atoms with Crippen molar-refractivity contribution in [2.45, 2.75) is 20.3 Å². The molecule has 0 saturated carbocycles. The number of nitrogens with zero attached hydrogens (tertiary/aromatic N) is 2. The number of pyridine rings is 1. The minimum atomic E-state index is -0.325. The first-order valence-corrected chi connectivity index (χ1v) is 10.2. The highest BCUT2D eigenvalue weighted by atomic mass is 32.1. The Balaban J connectivity index is 1.61. The normalized spacial score (nSPS) is 11.0. The van der Waals surface area contributed by atoms with E-state index in [0.717, 1.165) is 27.9 Å². The van der Waals surface area contributed by atoms with Crippen molar-refractivity contribution in [3.63, 3.8) is 0 Å². The Morgan fingerprint density at radius 2 is 1.83 bits per heavy atom. The SMILES string of the molecule is Cc1ccc(Cc2sc(NC(=O)c3cc(=O)n(C)c4ccccc34)nc2C)cc1. The van der Waals surface area contributed by atoms with Gasteiger partial charge in [-0.3, -0.25) is 14.9 Å². The lowest BCUT2D eigenvalue weighted by atomic mass is 10.1. The van der Waals surface area contributed by atoms with Crippen LogP contribution in [-0.4, -0.2) is 15.5 Å². The molecule has 0 aliphatic carbocycles. The maximum absolute atomic E-state index is 12.9. The van der Waals surface area contributed by atoms with Gasteiger partial charge < -0.3 is 4.57 Å². The molecular formula is C23H21N3O2S. The summed E-state index contributed by atoms with van der Waals surface area (Å²) < 4.78 is 1.54. The molecule has 1 N–H and O–H groups in total. The predicted molar refractivity (Wildman–Crippen MR) is 118 cm³/mol. The van der Waals surface area contributed by atoms with E-state index >= 15 is 0 Å². The minimum absolute atomic E-state index is 0.218. The first kappa shape index (κ1) is 19.1. The molecule has 146 valence electrons. The van der Waals surface area contributed by atoms with Crippen LogP contribution in [0, 0.1) is 13.8 Å². The van der Waals surface area contributed by atoms with Crippen molar-refractivity contribution in [1.29, 1.82) is 0 Å². The van der Waals surface area contributed by atoms with Crippen molar-refractivity contribution in [1.82, 2.24) is 9.55 Å². The van der Waals surface area contributed by atoms with E-state index in [0.29, 0.717) is 10.7 Å². The molecule has 0 atom stereocenters. The number of rotatable bonds is 4. The van der Waals surface area contributed by atoms with Gasteiger partial charge in [-0.15, -0.1) is 11.3 Å². The van der Waals surface area contributed by atoms with E-state index < -0.39 is 0 Å². The van der Waals surface area contributed by atoms with Crippen LogP contribution in [0.15, 0.2) is 59.4 Å². The summed E-state index contributed by atoms with van der Waals surface area (Å²) in [6.45, 7) is 4.01. The van der Waals surface area contributed by atoms with Crippen molar-refractivity contribution in [2.75, 3.05) is 5.32 Å². The number of carbonyl (C=O) groups is 1. The van der Waals surface area contributed by atoms with Crippen molar-refractivity contribution in [3.8, 4) is 0 Å². The van der Waals surface area contributed by atoms with Gasteiger partial charge in [0.15, 0.2) is 5.13 Å². The number of thiazole rings is 1. The molecule has 2 aromatic heterocycles. The first-order valence-electron chi connectivity index (χ1n) is 9.34. The first-order chi connectivity index (χ1) is 13.9. The second kappa shape index (κ2) is 7.64. The zero-order valence-corrected chi connectivity index (χ0v) is 17.3. The van der Waals surface area contributed by atoms with E-state index in [1.807, 2.05) is 31.2 Å². The Kier molecular flexibility index (Phi) is 5.03. The molecule has 4 rings (SSSR count). The number of aryl methyl sites for hydroxylation is 3. The highest BCUT2D eigenvalue weighted by molar-refractivity contribution is 7.15. The summed E-state index contributed by atoms with van der Waals surface area (Å²) in [5.41, 5.74) is 4.20. The van der Waals surface area contributed by atoms with Gasteiger partial charge in [-0.25, -0.2) is 4.98 Å². The summed E-state index contributed by atoms with van der Waals surface area (Å²) in [5.74, 6) is -0.325. The second-order valence-corrected chi connectivity index (χ2v) is 8.20. The molecule has 6 heteroatoms. The molecular weight excluding hydrogens is 382 g/mol. The summed E-state index contributed by atoms with van der Waals surface area (Å²) in [6, 6.07) is 17.2. The van der Waals surface area contributed by atoms with E-state index in [1.165, 1.54) is 28.5 Å². The molecule has 0 unspecified atom stereocenters. The van der Waals surface area contributed by atoms with Crippen LogP contribution < -0.4 is 10.9 Å². The molecule has 0 aliphatic rings.